The number of hydrogen-bond acceptors (Lipinski definition) is 3. The van der Waals surface area contributed by atoms with E-state index in [9.17, 15) is 15.0 Å². The van der Waals surface area contributed by atoms with Gasteiger partial charge in [0.15, 0.2) is 0 Å². The quantitative estimate of drug-likeness (QED) is 0.0606. The molecule has 0 aromatic heterocycles. The maximum Gasteiger partial charge on any atom is 0.220 e. The molecule has 0 aliphatic carbocycles. The molecule has 0 spiro atoms. The van der Waals surface area contributed by atoms with Crippen LogP contribution in [0, 0.1) is 0 Å². The number of allylic oxidation sites excluding steroid dienone is 11. The average Bonchev–Trinajstić information content (AvgIpc) is 2.99. The van der Waals surface area contributed by atoms with E-state index in [1.54, 1.807) is 6.08 Å². The van der Waals surface area contributed by atoms with Crippen LogP contribution in [-0.4, -0.2) is 34.9 Å². The monoisotopic (exact) mass is 583 g/mol. The van der Waals surface area contributed by atoms with Crippen LogP contribution in [-0.2, 0) is 4.79 Å². The van der Waals surface area contributed by atoms with E-state index in [0.29, 0.717) is 6.42 Å². The zero-order valence-electron chi connectivity index (χ0n) is 27.2. The highest BCUT2D eigenvalue weighted by Crippen LogP contribution is 2.10. The molecule has 4 nitrogen and oxygen atoms in total. The van der Waals surface area contributed by atoms with Gasteiger partial charge in [-0.05, 0) is 70.6 Å². The van der Waals surface area contributed by atoms with Crippen LogP contribution in [0.15, 0.2) is 72.9 Å². The highest BCUT2D eigenvalue weighted by atomic mass is 16.3. The van der Waals surface area contributed by atoms with Crippen molar-refractivity contribution in [1.29, 1.82) is 0 Å². The fourth-order valence-corrected chi connectivity index (χ4v) is 4.53. The van der Waals surface area contributed by atoms with E-state index in [1.165, 1.54) is 44.9 Å². The fourth-order valence-electron chi connectivity index (χ4n) is 4.53. The first-order valence-electron chi connectivity index (χ1n) is 17.2. The molecule has 3 N–H and O–H groups in total. The van der Waals surface area contributed by atoms with Crippen molar-refractivity contribution in [2.45, 2.75) is 154 Å². The van der Waals surface area contributed by atoms with Crippen molar-refractivity contribution in [2.75, 3.05) is 6.61 Å². The largest absolute Gasteiger partial charge is 0.394 e. The Morgan fingerprint density at radius 2 is 1.07 bits per heavy atom. The summed E-state index contributed by atoms with van der Waals surface area (Å²) in [4.78, 5) is 12.3. The van der Waals surface area contributed by atoms with Crippen molar-refractivity contribution < 1.29 is 15.0 Å². The molecule has 0 aromatic rings. The molecule has 0 aliphatic rings. The minimum atomic E-state index is -0.873. The van der Waals surface area contributed by atoms with Gasteiger partial charge in [0.1, 0.15) is 0 Å². The van der Waals surface area contributed by atoms with E-state index in [0.717, 1.165) is 77.0 Å². The van der Waals surface area contributed by atoms with Crippen LogP contribution in [0.25, 0.3) is 0 Å². The van der Waals surface area contributed by atoms with Gasteiger partial charge in [0.2, 0.25) is 5.91 Å². The summed E-state index contributed by atoms with van der Waals surface area (Å²) in [5, 5.41) is 22.8. The summed E-state index contributed by atoms with van der Waals surface area (Å²) in [5.74, 6) is -0.103. The van der Waals surface area contributed by atoms with Gasteiger partial charge in [-0.25, -0.2) is 0 Å². The van der Waals surface area contributed by atoms with E-state index in [1.807, 2.05) is 6.08 Å². The Labute approximate surface area is 259 Å². The molecule has 240 valence electrons. The molecule has 0 aliphatic heterocycles. The van der Waals surface area contributed by atoms with E-state index in [4.69, 9.17) is 0 Å². The minimum Gasteiger partial charge on any atom is -0.394 e. The Morgan fingerprint density at radius 3 is 1.67 bits per heavy atom. The number of unbranched alkanes of at least 4 members (excludes halogenated alkanes) is 12. The zero-order valence-corrected chi connectivity index (χ0v) is 27.2. The topological polar surface area (TPSA) is 69.6 Å². The van der Waals surface area contributed by atoms with Gasteiger partial charge in [-0.2, -0.15) is 0 Å². The lowest BCUT2D eigenvalue weighted by molar-refractivity contribution is -0.123. The van der Waals surface area contributed by atoms with Gasteiger partial charge < -0.3 is 15.5 Å². The zero-order chi connectivity index (χ0) is 30.8. The summed E-state index contributed by atoms with van der Waals surface area (Å²) >= 11 is 0. The SMILES string of the molecule is CC/C=C\C/C=C\C/C=C\C/C=C\CCCCCCC(=O)NC(CO)C(O)/C=C/CC/C=C/CCCCCCCCC. The first kappa shape index (κ1) is 39.8. The van der Waals surface area contributed by atoms with Crippen molar-refractivity contribution >= 4 is 5.91 Å². The second-order valence-corrected chi connectivity index (χ2v) is 11.2. The average molecular weight is 584 g/mol. The molecule has 4 heteroatoms. The molecule has 0 radical (unpaired) electrons. The highest BCUT2D eigenvalue weighted by Gasteiger charge is 2.17. The third-order valence-corrected chi connectivity index (χ3v) is 7.17. The van der Waals surface area contributed by atoms with E-state index >= 15 is 0 Å². The van der Waals surface area contributed by atoms with Crippen LogP contribution in [0.4, 0.5) is 0 Å². The van der Waals surface area contributed by atoms with Crippen LogP contribution < -0.4 is 5.32 Å². The number of aliphatic hydroxyl groups is 2. The van der Waals surface area contributed by atoms with Crippen LogP contribution in [0.2, 0.25) is 0 Å². The molecule has 0 bridgehead atoms. The van der Waals surface area contributed by atoms with E-state index in [-0.39, 0.29) is 12.5 Å². The van der Waals surface area contributed by atoms with Crippen LogP contribution in [0.1, 0.15) is 142 Å². The van der Waals surface area contributed by atoms with Crippen molar-refractivity contribution in [1.82, 2.24) is 5.32 Å². The summed E-state index contributed by atoms with van der Waals surface area (Å²) in [6.07, 6.45) is 46.9. The molecule has 0 fully saturated rings. The first-order valence-corrected chi connectivity index (χ1v) is 17.2. The standard InChI is InChI=1S/C38H65NO3/c1-3-5-7-9-11-13-15-17-18-19-20-22-24-26-28-30-32-34-38(42)39-36(35-40)37(41)33-31-29-27-25-23-21-16-14-12-10-8-6-4-2/h5,7,11,13,17-18,20,22-23,25,31,33,36-37,40-41H,3-4,6,8-10,12,14-16,19,21,24,26-30,32,34-35H2,1-2H3,(H,39,42)/b7-5-,13-11-,18-17-,22-20-,25-23+,33-31+. The maximum atomic E-state index is 12.3. The molecule has 0 aromatic carbocycles. The van der Waals surface area contributed by atoms with E-state index < -0.39 is 12.1 Å². The van der Waals surface area contributed by atoms with Crippen molar-refractivity contribution in [3.63, 3.8) is 0 Å². The third kappa shape index (κ3) is 29.3. The van der Waals surface area contributed by atoms with Gasteiger partial charge in [-0.3, -0.25) is 4.79 Å². The molecular weight excluding hydrogens is 518 g/mol. The minimum absolute atomic E-state index is 0.103. The Kier molecular flexibility index (Phi) is 31.6. The van der Waals surface area contributed by atoms with Gasteiger partial charge >= 0.3 is 0 Å². The van der Waals surface area contributed by atoms with Crippen molar-refractivity contribution in [3.05, 3.63) is 72.9 Å². The van der Waals surface area contributed by atoms with Crippen molar-refractivity contribution in [2.24, 2.45) is 0 Å². The lowest BCUT2D eigenvalue weighted by Gasteiger charge is -2.19. The Bertz CT molecular complexity index is 762. The van der Waals surface area contributed by atoms with Gasteiger partial charge in [0.05, 0.1) is 18.8 Å². The second kappa shape index (κ2) is 33.3. The number of carbonyl (C=O) groups is 1. The maximum absolute atomic E-state index is 12.3. The highest BCUT2D eigenvalue weighted by molar-refractivity contribution is 5.76. The normalized spacial score (nSPS) is 14.1. The molecule has 0 saturated heterocycles. The molecule has 0 heterocycles. The number of hydrogen-bond donors (Lipinski definition) is 3. The molecule has 2 atom stereocenters. The van der Waals surface area contributed by atoms with Crippen molar-refractivity contribution in [3.8, 4) is 0 Å². The number of amides is 1. The predicted molar refractivity (Wildman–Crippen MR) is 184 cm³/mol. The third-order valence-electron chi connectivity index (χ3n) is 7.17. The first-order chi connectivity index (χ1) is 20.7. The summed E-state index contributed by atoms with van der Waals surface area (Å²) in [7, 11) is 0. The molecule has 1 amide bonds. The summed E-state index contributed by atoms with van der Waals surface area (Å²) in [6, 6.07) is -0.653. The summed E-state index contributed by atoms with van der Waals surface area (Å²) in [5.41, 5.74) is 0. The molecule has 0 rings (SSSR count). The van der Waals surface area contributed by atoms with Crippen LogP contribution >= 0.6 is 0 Å². The molecule has 42 heavy (non-hydrogen) atoms. The van der Waals surface area contributed by atoms with Crippen LogP contribution in [0.3, 0.4) is 0 Å². The number of aliphatic hydroxyl groups excluding tert-OH is 2. The number of carbonyl (C=O) groups excluding carboxylic acids is 1. The van der Waals surface area contributed by atoms with Gasteiger partial charge in [0, 0.05) is 6.42 Å². The molecule has 0 saturated carbocycles. The Balaban J connectivity index is 3.79. The van der Waals surface area contributed by atoms with Gasteiger partial charge in [-0.15, -0.1) is 0 Å². The van der Waals surface area contributed by atoms with E-state index in [2.05, 4.69) is 79.9 Å². The second-order valence-electron chi connectivity index (χ2n) is 11.2. The van der Waals surface area contributed by atoms with Gasteiger partial charge in [0.25, 0.3) is 0 Å². The Morgan fingerprint density at radius 1 is 0.595 bits per heavy atom. The smallest absolute Gasteiger partial charge is 0.220 e. The molecular formula is C38H65NO3. The van der Waals surface area contributed by atoms with Crippen LogP contribution in [0.5, 0.6) is 0 Å². The number of nitrogens with one attached hydrogen (secondary N) is 1. The molecule has 2 unspecified atom stereocenters. The predicted octanol–water partition coefficient (Wildman–Crippen LogP) is 10.0. The summed E-state index contributed by atoms with van der Waals surface area (Å²) in [6.45, 7) is 4.13. The summed E-state index contributed by atoms with van der Waals surface area (Å²) < 4.78 is 0. The van der Waals surface area contributed by atoms with Gasteiger partial charge in [-0.1, -0.05) is 138 Å². The number of rotatable bonds is 29. The Hall–Kier alpha value is -2.17. The lowest BCUT2D eigenvalue weighted by Crippen LogP contribution is -2.45. The fraction of sp³-hybridized carbons (Fsp3) is 0.658. The lowest BCUT2D eigenvalue weighted by atomic mass is 10.1.